The van der Waals surface area contributed by atoms with Gasteiger partial charge in [0.1, 0.15) is 5.82 Å². The lowest BCUT2D eigenvalue weighted by atomic mass is 10.1. The molecule has 0 saturated carbocycles. The maximum Gasteiger partial charge on any atom is 0.161 e. The molecule has 0 aliphatic rings. The summed E-state index contributed by atoms with van der Waals surface area (Å²) in [6, 6.07) is 5.96. The Morgan fingerprint density at radius 1 is 1.26 bits per heavy atom. The fourth-order valence-electron chi connectivity index (χ4n) is 1.91. The Balaban J connectivity index is 2.54. The second-order valence-corrected chi connectivity index (χ2v) is 4.37. The molecule has 0 spiro atoms. The smallest absolute Gasteiger partial charge is 0.161 e. The van der Waals surface area contributed by atoms with Gasteiger partial charge in [-0.3, -0.25) is 0 Å². The average molecular weight is 261 g/mol. The van der Waals surface area contributed by atoms with E-state index >= 15 is 0 Å². The number of hydrogen-bond donors (Lipinski definition) is 2. The predicted molar refractivity (Wildman–Crippen MR) is 77.0 cm³/mol. The molecule has 102 valence electrons. The van der Waals surface area contributed by atoms with Gasteiger partial charge in [-0.25, -0.2) is 4.98 Å². The molecular formula is C14H19N3O2. The van der Waals surface area contributed by atoms with E-state index in [9.17, 15) is 0 Å². The molecule has 2 aromatic rings. The summed E-state index contributed by atoms with van der Waals surface area (Å²) < 4.78 is 10.6. The molecule has 0 aliphatic heterocycles. The molecule has 0 fully saturated rings. The number of rotatable bonds is 5. The quantitative estimate of drug-likeness (QED) is 0.861. The molecule has 1 unspecified atom stereocenters. The molecule has 5 heteroatoms. The number of methoxy groups -OCH3 is 2. The summed E-state index contributed by atoms with van der Waals surface area (Å²) in [5, 5.41) is 5.32. The molecule has 1 aromatic heterocycles. The summed E-state index contributed by atoms with van der Waals surface area (Å²) >= 11 is 0. The van der Waals surface area contributed by atoms with Gasteiger partial charge in [0.25, 0.3) is 0 Å². The van der Waals surface area contributed by atoms with Crippen molar-refractivity contribution in [2.24, 2.45) is 5.73 Å². The fraction of sp³-hybridized carbons (Fsp3) is 0.357. The Morgan fingerprint density at radius 2 is 1.95 bits per heavy atom. The van der Waals surface area contributed by atoms with E-state index in [1.54, 1.807) is 20.4 Å². The van der Waals surface area contributed by atoms with E-state index in [-0.39, 0.29) is 6.04 Å². The number of anilines is 1. The predicted octanol–water partition coefficient (Wildman–Crippen LogP) is 2.01. The monoisotopic (exact) mass is 261 g/mol. The van der Waals surface area contributed by atoms with Crippen LogP contribution in [0.1, 0.15) is 6.92 Å². The number of fused-ring (bicyclic) bond motifs is 1. The zero-order valence-corrected chi connectivity index (χ0v) is 11.4. The van der Waals surface area contributed by atoms with Gasteiger partial charge in [0.05, 0.1) is 14.2 Å². The molecule has 0 aliphatic carbocycles. The maximum absolute atomic E-state index is 5.63. The van der Waals surface area contributed by atoms with E-state index in [0.717, 1.165) is 16.6 Å². The summed E-state index contributed by atoms with van der Waals surface area (Å²) in [5.41, 5.74) is 5.63. The van der Waals surface area contributed by atoms with Crippen molar-refractivity contribution >= 4 is 16.6 Å². The molecule has 1 heterocycles. The number of ether oxygens (including phenoxy) is 2. The minimum atomic E-state index is 0.159. The lowest BCUT2D eigenvalue weighted by Crippen LogP contribution is -2.25. The van der Waals surface area contributed by atoms with Gasteiger partial charge in [-0.15, -0.1) is 0 Å². The van der Waals surface area contributed by atoms with Crippen molar-refractivity contribution < 1.29 is 9.47 Å². The highest BCUT2D eigenvalue weighted by Gasteiger charge is 2.10. The van der Waals surface area contributed by atoms with Crippen molar-refractivity contribution in [2.45, 2.75) is 13.0 Å². The van der Waals surface area contributed by atoms with Crippen LogP contribution in [0.5, 0.6) is 11.5 Å². The van der Waals surface area contributed by atoms with Crippen LogP contribution in [0, 0.1) is 0 Å². The van der Waals surface area contributed by atoms with E-state index in [2.05, 4.69) is 10.3 Å². The van der Waals surface area contributed by atoms with Gasteiger partial charge < -0.3 is 20.5 Å². The third-order valence-corrected chi connectivity index (χ3v) is 3.01. The van der Waals surface area contributed by atoms with Crippen molar-refractivity contribution in [3.63, 3.8) is 0 Å². The Morgan fingerprint density at radius 3 is 2.58 bits per heavy atom. The Hall–Kier alpha value is -2.01. The molecule has 2 rings (SSSR count). The highest BCUT2D eigenvalue weighted by atomic mass is 16.5. The van der Waals surface area contributed by atoms with Crippen molar-refractivity contribution in [1.29, 1.82) is 0 Å². The van der Waals surface area contributed by atoms with Crippen LogP contribution in [-0.4, -0.2) is 31.8 Å². The van der Waals surface area contributed by atoms with E-state index in [1.807, 2.05) is 25.1 Å². The van der Waals surface area contributed by atoms with Gasteiger partial charge in [-0.2, -0.15) is 0 Å². The Bertz CT molecular complexity index is 572. The first-order valence-corrected chi connectivity index (χ1v) is 6.17. The Kier molecular flexibility index (Phi) is 4.06. The van der Waals surface area contributed by atoms with Crippen LogP contribution in [0.2, 0.25) is 0 Å². The lowest BCUT2D eigenvalue weighted by molar-refractivity contribution is 0.356. The molecular weight excluding hydrogens is 242 g/mol. The zero-order chi connectivity index (χ0) is 13.8. The van der Waals surface area contributed by atoms with Crippen molar-refractivity contribution in [3.05, 3.63) is 24.4 Å². The molecule has 5 nitrogen and oxygen atoms in total. The van der Waals surface area contributed by atoms with Crippen LogP contribution >= 0.6 is 0 Å². The lowest BCUT2D eigenvalue weighted by Gasteiger charge is -2.15. The van der Waals surface area contributed by atoms with Gasteiger partial charge in [0, 0.05) is 24.2 Å². The maximum atomic E-state index is 5.63. The van der Waals surface area contributed by atoms with Crippen LogP contribution in [0.25, 0.3) is 10.8 Å². The number of hydrogen-bond acceptors (Lipinski definition) is 5. The fourth-order valence-corrected chi connectivity index (χ4v) is 1.91. The van der Waals surface area contributed by atoms with Gasteiger partial charge in [0.15, 0.2) is 11.5 Å². The summed E-state index contributed by atoms with van der Waals surface area (Å²) in [4.78, 5) is 4.36. The van der Waals surface area contributed by atoms with E-state index in [0.29, 0.717) is 18.0 Å². The first kappa shape index (κ1) is 13.4. The van der Waals surface area contributed by atoms with Crippen LogP contribution in [0.4, 0.5) is 5.82 Å². The van der Waals surface area contributed by atoms with Gasteiger partial charge >= 0.3 is 0 Å². The molecule has 0 saturated heterocycles. The minimum absolute atomic E-state index is 0.159. The van der Waals surface area contributed by atoms with Crippen LogP contribution in [-0.2, 0) is 0 Å². The van der Waals surface area contributed by atoms with E-state index < -0.39 is 0 Å². The molecule has 0 bridgehead atoms. The molecule has 1 atom stereocenters. The molecule has 1 aromatic carbocycles. The van der Waals surface area contributed by atoms with Gasteiger partial charge in [-0.1, -0.05) is 0 Å². The molecule has 19 heavy (non-hydrogen) atoms. The number of benzene rings is 1. The second kappa shape index (κ2) is 5.75. The topological polar surface area (TPSA) is 69.4 Å². The number of pyridine rings is 1. The van der Waals surface area contributed by atoms with Gasteiger partial charge in [-0.05, 0) is 30.5 Å². The summed E-state index contributed by atoms with van der Waals surface area (Å²) in [7, 11) is 3.25. The number of nitrogens with two attached hydrogens (primary N) is 1. The van der Waals surface area contributed by atoms with E-state index in [4.69, 9.17) is 15.2 Å². The average Bonchev–Trinajstić information content (AvgIpc) is 2.45. The largest absolute Gasteiger partial charge is 0.493 e. The summed E-state index contributed by atoms with van der Waals surface area (Å²) in [6.07, 6.45) is 1.76. The molecule has 3 N–H and O–H groups in total. The standard InChI is InChI=1S/C14H19N3O2/c1-9(8-15)17-14-11-7-13(19-3)12(18-2)6-10(11)4-5-16-14/h4-7,9H,8,15H2,1-3H3,(H,16,17). The molecule has 0 amide bonds. The summed E-state index contributed by atoms with van der Waals surface area (Å²) in [6.45, 7) is 2.56. The third-order valence-electron chi connectivity index (χ3n) is 3.01. The third kappa shape index (κ3) is 2.71. The van der Waals surface area contributed by atoms with E-state index in [1.165, 1.54) is 0 Å². The van der Waals surface area contributed by atoms with Gasteiger partial charge in [0.2, 0.25) is 0 Å². The SMILES string of the molecule is COc1cc2ccnc(NC(C)CN)c2cc1OC. The number of nitrogens with one attached hydrogen (secondary N) is 1. The minimum Gasteiger partial charge on any atom is -0.493 e. The number of aromatic nitrogens is 1. The van der Waals surface area contributed by atoms with Crippen molar-refractivity contribution in [3.8, 4) is 11.5 Å². The summed E-state index contributed by atoms with van der Waals surface area (Å²) in [5.74, 6) is 2.20. The van der Waals surface area contributed by atoms with Crippen molar-refractivity contribution in [1.82, 2.24) is 4.98 Å². The van der Waals surface area contributed by atoms with Crippen molar-refractivity contribution in [2.75, 3.05) is 26.1 Å². The zero-order valence-electron chi connectivity index (χ0n) is 11.4. The van der Waals surface area contributed by atoms with Crippen LogP contribution in [0.15, 0.2) is 24.4 Å². The first-order chi connectivity index (χ1) is 9.19. The normalized spacial score (nSPS) is 12.2. The van der Waals surface area contributed by atoms with Crippen LogP contribution in [0.3, 0.4) is 0 Å². The highest BCUT2D eigenvalue weighted by molar-refractivity contribution is 5.94. The molecule has 0 radical (unpaired) electrons. The number of nitrogens with zero attached hydrogens (tertiary/aromatic N) is 1. The Labute approximate surface area is 112 Å². The second-order valence-electron chi connectivity index (χ2n) is 4.37. The van der Waals surface area contributed by atoms with Crippen LogP contribution < -0.4 is 20.5 Å². The first-order valence-electron chi connectivity index (χ1n) is 6.17. The highest BCUT2D eigenvalue weighted by Crippen LogP contribution is 2.34.